The Labute approximate surface area is 210 Å². The summed E-state index contributed by atoms with van der Waals surface area (Å²) in [6.45, 7) is 1.48. The highest BCUT2D eigenvalue weighted by atomic mass is 35.5. The van der Waals surface area contributed by atoms with Crippen molar-refractivity contribution in [2.45, 2.75) is 50.0 Å². The average molecular weight is 520 g/mol. The molecule has 1 aliphatic heterocycles. The molecule has 0 saturated heterocycles. The lowest BCUT2D eigenvalue weighted by molar-refractivity contribution is -0.120. The van der Waals surface area contributed by atoms with Crippen LogP contribution in [-0.4, -0.2) is 43.7 Å². The fourth-order valence-electron chi connectivity index (χ4n) is 5.80. The predicted octanol–water partition coefficient (Wildman–Crippen LogP) is 4.08. The first-order valence-electron chi connectivity index (χ1n) is 12.1. The summed E-state index contributed by atoms with van der Waals surface area (Å²) in [5, 5.41) is 12.8. The summed E-state index contributed by atoms with van der Waals surface area (Å²) in [6.07, 6.45) is 5.29. The van der Waals surface area contributed by atoms with Crippen molar-refractivity contribution in [2.24, 2.45) is 23.7 Å². The van der Waals surface area contributed by atoms with Crippen molar-refractivity contribution in [3.63, 3.8) is 0 Å². The van der Waals surface area contributed by atoms with Gasteiger partial charge in [0.1, 0.15) is 11.9 Å². The van der Waals surface area contributed by atoms with Crippen LogP contribution in [0.2, 0.25) is 5.02 Å². The normalized spacial score (nSPS) is 26.5. The van der Waals surface area contributed by atoms with Gasteiger partial charge in [-0.25, -0.2) is 17.7 Å². The first-order valence-corrected chi connectivity index (χ1v) is 14.0. The molecule has 1 aromatic carbocycles. The van der Waals surface area contributed by atoms with E-state index in [4.69, 9.17) is 16.3 Å². The van der Waals surface area contributed by atoms with Crippen LogP contribution >= 0.6 is 11.6 Å². The number of sulfonamides is 1. The van der Waals surface area contributed by atoms with Crippen LogP contribution in [0.15, 0.2) is 41.3 Å². The molecule has 1 amide bonds. The summed E-state index contributed by atoms with van der Waals surface area (Å²) in [4.78, 5) is 17.5. The van der Waals surface area contributed by atoms with E-state index < -0.39 is 16.1 Å². The van der Waals surface area contributed by atoms with Crippen LogP contribution in [0.4, 0.5) is 11.6 Å². The lowest BCUT2D eigenvalue weighted by atomic mass is 9.89. The number of aromatic nitrogens is 1. The molecule has 8 nitrogen and oxygen atoms in total. The Morgan fingerprint density at radius 3 is 2.69 bits per heavy atom. The van der Waals surface area contributed by atoms with Gasteiger partial charge in [-0.1, -0.05) is 43.9 Å². The number of anilines is 2. The lowest BCUT2D eigenvalue weighted by Crippen LogP contribution is -2.45. The maximum Gasteiger partial charge on any atom is 0.265 e. The first-order chi connectivity index (χ1) is 16.8. The number of ether oxygens (including phenoxy) is 1. The van der Waals surface area contributed by atoms with E-state index >= 15 is 0 Å². The minimum Gasteiger partial charge on any atom is -0.482 e. The number of hydrogen-bond acceptors (Lipinski definition) is 6. The van der Waals surface area contributed by atoms with E-state index in [1.807, 2.05) is 6.92 Å². The van der Waals surface area contributed by atoms with Gasteiger partial charge in [-0.05, 0) is 60.9 Å². The SMILES string of the molecule is C[C@H](C(=O)Nc1ccc2c(n1)N(S(=O)(=O)c1cccc(Cl)c1)C[C@H](CO)O2)C1C[C@H]2CCC[C@H]2C1. The molecule has 2 aliphatic carbocycles. The standard InChI is InChI=1S/C25H30ClN3O5S/c1-15(18-10-16-4-2-5-17(16)11-18)25(31)28-23-9-8-22-24(27-23)29(13-20(14-30)34-22)35(32,33)21-7-3-6-19(26)12-21/h3,6-9,12,15-18,20,30H,2,4-5,10-11,13-14H2,1H3,(H,27,28,31)/t15-,16-,17+,18?,20+/m0/s1. The van der Waals surface area contributed by atoms with E-state index in [1.165, 1.54) is 31.4 Å². The number of aliphatic hydroxyl groups excluding tert-OH is 1. The second kappa shape index (κ2) is 9.59. The first kappa shape index (κ1) is 24.3. The molecule has 10 heteroatoms. The molecule has 0 spiro atoms. The maximum absolute atomic E-state index is 13.5. The number of rotatable bonds is 6. The monoisotopic (exact) mass is 519 g/mol. The number of benzene rings is 1. The third kappa shape index (κ3) is 4.73. The third-order valence-corrected chi connectivity index (χ3v) is 9.71. The molecule has 1 unspecified atom stereocenters. The number of amides is 1. The number of carbonyl (C=O) groups excluding carboxylic acids is 1. The van der Waals surface area contributed by atoms with E-state index in [9.17, 15) is 18.3 Å². The zero-order chi connectivity index (χ0) is 24.7. The largest absolute Gasteiger partial charge is 0.482 e. The Morgan fingerprint density at radius 2 is 2.00 bits per heavy atom. The number of nitrogens with one attached hydrogen (secondary N) is 1. The molecule has 1 aromatic heterocycles. The van der Waals surface area contributed by atoms with Gasteiger partial charge in [0.2, 0.25) is 5.91 Å². The second-order valence-corrected chi connectivity index (χ2v) is 12.2. The molecular weight excluding hydrogens is 490 g/mol. The number of fused-ring (bicyclic) bond motifs is 2. The Hall–Kier alpha value is -2.36. The van der Waals surface area contributed by atoms with Gasteiger partial charge >= 0.3 is 0 Å². The summed E-state index contributed by atoms with van der Waals surface area (Å²) in [5.41, 5.74) is 0. The van der Waals surface area contributed by atoms with Crippen molar-refractivity contribution >= 4 is 39.2 Å². The highest BCUT2D eigenvalue weighted by Gasteiger charge is 2.41. The minimum atomic E-state index is -4.04. The van der Waals surface area contributed by atoms with Gasteiger partial charge < -0.3 is 15.2 Å². The van der Waals surface area contributed by atoms with Crippen molar-refractivity contribution < 1.29 is 23.1 Å². The average Bonchev–Trinajstić information content (AvgIpc) is 3.45. The Morgan fingerprint density at radius 1 is 1.26 bits per heavy atom. The molecule has 5 rings (SSSR count). The number of pyridine rings is 1. The molecule has 2 aromatic rings. The van der Waals surface area contributed by atoms with Crippen molar-refractivity contribution in [1.29, 1.82) is 0 Å². The Kier molecular flexibility index (Phi) is 6.67. The number of hydrogen-bond donors (Lipinski definition) is 2. The van der Waals surface area contributed by atoms with Crippen molar-refractivity contribution in [2.75, 3.05) is 22.8 Å². The van der Waals surface area contributed by atoms with E-state index in [2.05, 4.69) is 10.3 Å². The molecule has 2 saturated carbocycles. The van der Waals surface area contributed by atoms with Gasteiger partial charge in [0.25, 0.3) is 10.0 Å². The minimum absolute atomic E-state index is 0.00572. The van der Waals surface area contributed by atoms with Crippen molar-refractivity contribution in [1.82, 2.24) is 4.98 Å². The Bertz CT molecular complexity index is 1210. The summed E-state index contributed by atoms with van der Waals surface area (Å²) < 4.78 is 33.8. The molecule has 2 fully saturated rings. The van der Waals surface area contributed by atoms with Gasteiger partial charge in [-0.15, -0.1) is 0 Å². The van der Waals surface area contributed by atoms with E-state index in [0.29, 0.717) is 5.92 Å². The van der Waals surface area contributed by atoms with Crippen molar-refractivity contribution in [3.05, 3.63) is 41.4 Å². The van der Waals surface area contributed by atoms with Crippen LogP contribution < -0.4 is 14.4 Å². The van der Waals surface area contributed by atoms with Crippen LogP contribution in [-0.2, 0) is 14.8 Å². The van der Waals surface area contributed by atoms with Gasteiger partial charge in [0.05, 0.1) is 18.0 Å². The third-order valence-electron chi connectivity index (χ3n) is 7.73. The highest BCUT2D eigenvalue weighted by Crippen LogP contribution is 2.49. The van der Waals surface area contributed by atoms with Crippen LogP contribution in [0.5, 0.6) is 5.75 Å². The molecule has 5 atom stereocenters. The molecule has 2 heterocycles. The van der Waals surface area contributed by atoms with Gasteiger partial charge in [-0.2, -0.15) is 0 Å². The number of nitrogens with zero attached hydrogens (tertiary/aromatic N) is 2. The van der Waals surface area contributed by atoms with Crippen LogP contribution in [0.1, 0.15) is 39.0 Å². The van der Waals surface area contributed by atoms with Crippen LogP contribution in [0.3, 0.4) is 0 Å². The van der Waals surface area contributed by atoms with Crippen LogP contribution in [0, 0.1) is 23.7 Å². The van der Waals surface area contributed by atoms with Gasteiger partial charge in [0, 0.05) is 10.9 Å². The Balaban J connectivity index is 1.39. The number of aliphatic hydroxyl groups is 1. The highest BCUT2D eigenvalue weighted by molar-refractivity contribution is 7.92. The summed E-state index contributed by atoms with van der Waals surface area (Å²) in [5.74, 6) is 2.13. The molecule has 188 valence electrons. The lowest BCUT2D eigenvalue weighted by Gasteiger charge is -2.34. The molecular formula is C25H30ClN3O5S. The zero-order valence-corrected chi connectivity index (χ0v) is 21.1. The van der Waals surface area contributed by atoms with Crippen molar-refractivity contribution in [3.8, 4) is 5.75 Å². The van der Waals surface area contributed by atoms with Crippen LogP contribution in [0.25, 0.3) is 0 Å². The molecule has 3 aliphatic rings. The maximum atomic E-state index is 13.5. The van der Waals surface area contributed by atoms with Gasteiger partial charge in [0.15, 0.2) is 11.6 Å². The topological polar surface area (TPSA) is 109 Å². The van der Waals surface area contributed by atoms with E-state index in [-0.39, 0.29) is 52.3 Å². The summed E-state index contributed by atoms with van der Waals surface area (Å²) in [7, 11) is -4.04. The molecule has 0 bridgehead atoms. The molecule has 0 radical (unpaired) electrons. The predicted molar refractivity (Wildman–Crippen MR) is 133 cm³/mol. The fraction of sp³-hybridized carbons (Fsp3) is 0.520. The number of carbonyl (C=O) groups is 1. The van der Waals surface area contributed by atoms with Gasteiger partial charge in [-0.3, -0.25) is 4.79 Å². The zero-order valence-electron chi connectivity index (χ0n) is 19.6. The molecule has 2 N–H and O–H groups in total. The fourth-order valence-corrected chi connectivity index (χ4v) is 7.55. The molecule has 35 heavy (non-hydrogen) atoms. The summed E-state index contributed by atoms with van der Waals surface area (Å²) >= 11 is 6.03. The quantitative estimate of drug-likeness (QED) is 0.595. The van der Waals surface area contributed by atoms with E-state index in [1.54, 1.807) is 24.3 Å². The number of halogens is 1. The smallest absolute Gasteiger partial charge is 0.265 e. The summed E-state index contributed by atoms with van der Waals surface area (Å²) in [6, 6.07) is 9.14. The second-order valence-electron chi connectivity index (χ2n) is 9.89. The van der Waals surface area contributed by atoms with E-state index in [0.717, 1.165) is 29.0 Å².